The molecule has 0 saturated heterocycles. The minimum Gasteiger partial charge on any atom is -0.311 e. The monoisotopic (exact) mass is 278 g/mol. The minimum absolute atomic E-state index is 0.0133. The Morgan fingerprint density at radius 2 is 1.81 bits per heavy atom. The third-order valence-corrected chi connectivity index (χ3v) is 2.75. The van der Waals surface area contributed by atoms with Crippen LogP contribution < -0.4 is 5.32 Å². The fourth-order valence-electron chi connectivity index (χ4n) is 1.77. The summed E-state index contributed by atoms with van der Waals surface area (Å²) in [4.78, 5) is 15.8. The minimum atomic E-state index is -0.0133. The fraction of sp³-hybridized carbons (Fsp3) is 0.222. The number of hydrogen-bond acceptors (Lipinski definition) is 2. The lowest BCUT2D eigenvalue weighted by atomic mass is 10.1. The molecule has 0 unspecified atom stereocenters. The first kappa shape index (κ1) is 14.8. The van der Waals surface area contributed by atoms with Gasteiger partial charge in [0.25, 0.3) is 0 Å². The van der Waals surface area contributed by atoms with Crippen LogP contribution in [0.5, 0.6) is 0 Å². The van der Waals surface area contributed by atoms with Gasteiger partial charge in [-0.2, -0.15) is 0 Å². The highest BCUT2D eigenvalue weighted by molar-refractivity contribution is 5.89. The summed E-state index contributed by atoms with van der Waals surface area (Å²) in [6.45, 7) is 4.02. The van der Waals surface area contributed by atoms with Crippen LogP contribution in [-0.4, -0.2) is 10.9 Å². The molecule has 106 valence electrons. The Morgan fingerprint density at radius 3 is 2.43 bits per heavy atom. The summed E-state index contributed by atoms with van der Waals surface area (Å²) >= 11 is 0. The number of hydrogen-bond donors (Lipinski definition) is 1. The van der Waals surface area contributed by atoms with Crippen LogP contribution in [0.4, 0.5) is 5.82 Å². The number of anilines is 1. The third-order valence-electron chi connectivity index (χ3n) is 2.75. The SMILES string of the molecule is CC(C)CC(=O)Nc1ccc(C#Cc2ccccc2)cn1. The first-order valence-corrected chi connectivity index (χ1v) is 6.96. The van der Waals surface area contributed by atoms with E-state index in [4.69, 9.17) is 0 Å². The molecule has 0 radical (unpaired) electrons. The number of carbonyl (C=O) groups is 1. The summed E-state index contributed by atoms with van der Waals surface area (Å²) in [5.74, 6) is 7.00. The highest BCUT2D eigenvalue weighted by Gasteiger charge is 2.05. The maximum Gasteiger partial charge on any atom is 0.225 e. The van der Waals surface area contributed by atoms with Crippen molar-refractivity contribution >= 4 is 11.7 Å². The number of rotatable bonds is 3. The van der Waals surface area contributed by atoms with Gasteiger partial charge in [0.15, 0.2) is 0 Å². The Morgan fingerprint density at radius 1 is 1.10 bits per heavy atom. The first-order valence-electron chi connectivity index (χ1n) is 6.96. The standard InChI is InChI=1S/C18H18N2O/c1-14(2)12-18(21)20-17-11-10-16(13-19-17)9-8-15-6-4-3-5-7-15/h3-7,10-11,13-14H,12H2,1-2H3,(H,19,20,21). The van der Waals surface area contributed by atoms with E-state index in [9.17, 15) is 4.79 Å². The topological polar surface area (TPSA) is 42.0 Å². The average Bonchev–Trinajstić information content (AvgIpc) is 2.47. The van der Waals surface area contributed by atoms with E-state index in [0.717, 1.165) is 11.1 Å². The summed E-state index contributed by atoms with van der Waals surface area (Å²) in [6, 6.07) is 13.4. The molecule has 3 heteroatoms. The summed E-state index contributed by atoms with van der Waals surface area (Å²) in [5, 5.41) is 2.78. The molecule has 0 saturated carbocycles. The van der Waals surface area contributed by atoms with Crippen molar-refractivity contribution in [3.05, 3.63) is 59.8 Å². The van der Waals surface area contributed by atoms with Crippen molar-refractivity contribution in [3.8, 4) is 11.8 Å². The Bertz CT molecular complexity index is 649. The van der Waals surface area contributed by atoms with E-state index in [-0.39, 0.29) is 5.91 Å². The second-order valence-corrected chi connectivity index (χ2v) is 5.19. The number of nitrogens with one attached hydrogen (secondary N) is 1. The van der Waals surface area contributed by atoms with Gasteiger partial charge >= 0.3 is 0 Å². The van der Waals surface area contributed by atoms with E-state index in [2.05, 4.69) is 22.1 Å². The lowest BCUT2D eigenvalue weighted by Crippen LogP contribution is -2.14. The van der Waals surface area contributed by atoms with E-state index in [0.29, 0.717) is 18.2 Å². The molecule has 1 heterocycles. The van der Waals surface area contributed by atoms with E-state index in [1.54, 1.807) is 12.3 Å². The number of pyridine rings is 1. The van der Waals surface area contributed by atoms with E-state index in [1.165, 1.54) is 0 Å². The zero-order valence-corrected chi connectivity index (χ0v) is 12.3. The molecule has 1 aromatic carbocycles. The van der Waals surface area contributed by atoms with Crippen LogP contribution in [0, 0.1) is 17.8 Å². The summed E-state index contributed by atoms with van der Waals surface area (Å²) in [5.41, 5.74) is 1.78. The zero-order valence-electron chi connectivity index (χ0n) is 12.3. The largest absolute Gasteiger partial charge is 0.311 e. The molecule has 21 heavy (non-hydrogen) atoms. The van der Waals surface area contributed by atoms with Crippen molar-refractivity contribution in [1.82, 2.24) is 4.98 Å². The van der Waals surface area contributed by atoms with Gasteiger partial charge in [-0.1, -0.05) is 43.9 Å². The van der Waals surface area contributed by atoms with Gasteiger partial charge in [-0.15, -0.1) is 0 Å². The van der Waals surface area contributed by atoms with Crippen LogP contribution in [0.1, 0.15) is 31.4 Å². The van der Waals surface area contributed by atoms with Crippen LogP contribution >= 0.6 is 0 Å². The Kier molecular flexibility index (Phi) is 5.11. The lowest BCUT2D eigenvalue weighted by Gasteiger charge is -2.05. The smallest absolute Gasteiger partial charge is 0.225 e. The number of aromatic nitrogens is 1. The maximum atomic E-state index is 11.6. The van der Waals surface area contributed by atoms with Crippen LogP contribution in [0.2, 0.25) is 0 Å². The molecule has 0 aliphatic heterocycles. The van der Waals surface area contributed by atoms with Gasteiger partial charge in [-0.25, -0.2) is 4.98 Å². The fourth-order valence-corrected chi connectivity index (χ4v) is 1.77. The normalized spacial score (nSPS) is 9.86. The van der Waals surface area contributed by atoms with Crippen molar-refractivity contribution in [2.24, 2.45) is 5.92 Å². The Labute approximate surface area is 125 Å². The highest BCUT2D eigenvalue weighted by Crippen LogP contribution is 2.07. The molecule has 0 aliphatic carbocycles. The van der Waals surface area contributed by atoms with Crippen molar-refractivity contribution in [2.45, 2.75) is 20.3 Å². The van der Waals surface area contributed by atoms with Gasteiger partial charge in [0.2, 0.25) is 5.91 Å². The molecule has 2 rings (SSSR count). The Balaban J connectivity index is 2.00. The molecule has 1 aromatic heterocycles. The molecule has 3 nitrogen and oxygen atoms in total. The first-order chi connectivity index (χ1) is 10.1. The molecule has 0 fully saturated rings. The number of benzene rings is 1. The van der Waals surface area contributed by atoms with E-state index >= 15 is 0 Å². The molecule has 0 atom stereocenters. The quantitative estimate of drug-likeness (QED) is 0.874. The predicted octanol–water partition coefficient (Wildman–Crippen LogP) is 3.47. The van der Waals surface area contributed by atoms with Gasteiger partial charge in [0, 0.05) is 23.7 Å². The average molecular weight is 278 g/mol. The number of nitrogens with zero attached hydrogens (tertiary/aromatic N) is 1. The maximum absolute atomic E-state index is 11.6. The molecular weight excluding hydrogens is 260 g/mol. The summed E-state index contributed by atoms with van der Waals surface area (Å²) in [6.07, 6.45) is 2.16. The predicted molar refractivity (Wildman–Crippen MR) is 84.7 cm³/mol. The van der Waals surface area contributed by atoms with Crippen molar-refractivity contribution < 1.29 is 4.79 Å². The Hall–Kier alpha value is -2.60. The van der Waals surface area contributed by atoms with Crippen LogP contribution in [0.25, 0.3) is 0 Å². The molecule has 0 aliphatic rings. The van der Waals surface area contributed by atoms with Gasteiger partial charge in [0.1, 0.15) is 5.82 Å². The van der Waals surface area contributed by atoms with Gasteiger partial charge in [-0.05, 0) is 30.2 Å². The van der Waals surface area contributed by atoms with E-state index < -0.39 is 0 Å². The summed E-state index contributed by atoms with van der Waals surface area (Å²) in [7, 11) is 0. The molecule has 1 amide bonds. The van der Waals surface area contributed by atoms with Gasteiger partial charge in [0.05, 0.1) is 0 Å². The van der Waals surface area contributed by atoms with Crippen molar-refractivity contribution in [3.63, 3.8) is 0 Å². The second kappa shape index (κ2) is 7.25. The van der Waals surface area contributed by atoms with Crippen molar-refractivity contribution in [1.29, 1.82) is 0 Å². The zero-order chi connectivity index (χ0) is 15.1. The molecular formula is C18H18N2O. The lowest BCUT2D eigenvalue weighted by molar-refractivity contribution is -0.116. The van der Waals surface area contributed by atoms with Crippen LogP contribution in [0.3, 0.4) is 0 Å². The number of carbonyl (C=O) groups excluding carboxylic acids is 1. The second-order valence-electron chi connectivity index (χ2n) is 5.19. The van der Waals surface area contributed by atoms with Crippen LogP contribution in [0.15, 0.2) is 48.7 Å². The van der Waals surface area contributed by atoms with Crippen molar-refractivity contribution in [2.75, 3.05) is 5.32 Å². The molecule has 0 bridgehead atoms. The van der Waals surface area contributed by atoms with Gasteiger partial charge < -0.3 is 5.32 Å². The van der Waals surface area contributed by atoms with Crippen LogP contribution in [-0.2, 0) is 4.79 Å². The highest BCUT2D eigenvalue weighted by atomic mass is 16.1. The van der Waals surface area contributed by atoms with E-state index in [1.807, 2.05) is 50.2 Å². The number of amides is 1. The third kappa shape index (κ3) is 5.12. The molecule has 0 spiro atoms. The van der Waals surface area contributed by atoms with Gasteiger partial charge in [-0.3, -0.25) is 4.79 Å². The summed E-state index contributed by atoms with van der Waals surface area (Å²) < 4.78 is 0. The molecule has 1 N–H and O–H groups in total. The molecule has 2 aromatic rings.